The molecule has 2 aromatic carbocycles. The summed E-state index contributed by atoms with van der Waals surface area (Å²) >= 11 is 0. The first kappa shape index (κ1) is 36.9. The number of aliphatic hydroxyl groups is 2. The van der Waals surface area contributed by atoms with Crippen LogP contribution in [0, 0.1) is 5.41 Å². The molecule has 14 nitrogen and oxygen atoms in total. The Hall–Kier alpha value is -4.39. The lowest BCUT2D eigenvalue weighted by Gasteiger charge is -2.49. The van der Waals surface area contributed by atoms with Crippen LogP contribution >= 0.6 is 0 Å². The van der Waals surface area contributed by atoms with E-state index in [4.69, 9.17) is 19.0 Å². The first-order chi connectivity index (χ1) is 25.2. The third kappa shape index (κ3) is 6.92. The molecule has 3 saturated heterocycles. The number of hydrogen-bond acceptors (Lipinski definition) is 12. The number of amides is 2. The van der Waals surface area contributed by atoms with Gasteiger partial charge in [-0.2, -0.15) is 18.2 Å². The zero-order valence-corrected chi connectivity index (χ0v) is 28.4. The van der Waals surface area contributed by atoms with Crippen LogP contribution in [0.1, 0.15) is 35.6 Å². The molecule has 1 saturated carbocycles. The highest BCUT2D eigenvalue weighted by atomic mass is 19.4. The molecule has 3 aliphatic heterocycles. The van der Waals surface area contributed by atoms with E-state index in [1.807, 2.05) is 24.3 Å². The maximum absolute atomic E-state index is 14.7. The van der Waals surface area contributed by atoms with E-state index in [1.54, 1.807) is 24.3 Å². The van der Waals surface area contributed by atoms with Crippen LogP contribution in [0.4, 0.5) is 13.2 Å². The van der Waals surface area contributed by atoms with Crippen molar-refractivity contribution in [2.24, 2.45) is 5.41 Å². The number of aliphatic hydroxyl groups excluding tert-OH is 2. The number of hydroxylamine groups is 2. The van der Waals surface area contributed by atoms with Crippen molar-refractivity contribution in [1.29, 1.82) is 0 Å². The molecule has 0 aromatic heterocycles. The molecule has 284 valence electrons. The molecule has 8 unspecified atom stereocenters. The van der Waals surface area contributed by atoms with Crippen molar-refractivity contribution < 1.29 is 66.3 Å². The maximum atomic E-state index is 14.7. The molecule has 53 heavy (non-hydrogen) atoms. The SMILES string of the molecule is CC(O)C(NC(=O)C12CC3OC(=O)C1N(Cc1ccccc1C=CC(=O)OCC(F)(F)F)OC2C1OC2(Cc4ccccc4C2)OC31)C(=O)NCCO. The van der Waals surface area contributed by atoms with Gasteiger partial charge in [-0.05, 0) is 35.3 Å². The number of benzene rings is 2. The van der Waals surface area contributed by atoms with Gasteiger partial charge in [0.1, 0.15) is 35.9 Å². The van der Waals surface area contributed by atoms with E-state index < -0.39 is 90.3 Å². The van der Waals surface area contributed by atoms with Crippen LogP contribution in [0.2, 0.25) is 0 Å². The second kappa shape index (κ2) is 14.1. The third-order valence-corrected chi connectivity index (χ3v) is 10.3. The Morgan fingerprint density at radius 1 is 1.08 bits per heavy atom. The molecule has 7 rings (SSSR count). The fourth-order valence-electron chi connectivity index (χ4n) is 8.10. The lowest BCUT2D eigenvalue weighted by Crippen LogP contribution is -2.71. The second-order valence-corrected chi connectivity index (χ2v) is 13.9. The summed E-state index contributed by atoms with van der Waals surface area (Å²) in [5, 5.41) is 26.1. The minimum absolute atomic E-state index is 0.0820. The van der Waals surface area contributed by atoms with Crippen molar-refractivity contribution >= 4 is 29.8 Å². The number of alkyl halides is 3. The summed E-state index contributed by atoms with van der Waals surface area (Å²) in [5.74, 6) is -4.69. The van der Waals surface area contributed by atoms with Crippen molar-refractivity contribution in [2.75, 3.05) is 19.8 Å². The maximum Gasteiger partial charge on any atom is 0.422 e. The largest absolute Gasteiger partial charge is 0.458 e. The molecular weight excluding hydrogens is 707 g/mol. The Balaban J connectivity index is 1.22. The Morgan fingerprint density at radius 2 is 1.75 bits per heavy atom. The number of nitrogens with zero attached hydrogens (tertiary/aromatic N) is 1. The summed E-state index contributed by atoms with van der Waals surface area (Å²) in [6.07, 6.45) is -7.10. The molecule has 4 fully saturated rings. The second-order valence-electron chi connectivity index (χ2n) is 13.9. The highest BCUT2D eigenvalue weighted by molar-refractivity contribution is 5.96. The minimum Gasteiger partial charge on any atom is -0.458 e. The summed E-state index contributed by atoms with van der Waals surface area (Å²) in [6.45, 7) is -1.12. The van der Waals surface area contributed by atoms with Crippen molar-refractivity contribution in [3.05, 3.63) is 76.9 Å². The highest BCUT2D eigenvalue weighted by Crippen LogP contribution is 2.58. The van der Waals surface area contributed by atoms with Gasteiger partial charge in [-0.15, -0.1) is 0 Å². The topological polar surface area (TPSA) is 182 Å². The number of nitrogens with one attached hydrogen (secondary N) is 2. The van der Waals surface area contributed by atoms with Gasteiger partial charge in [-0.1, -0.05) is 48.5 Å². The van der Waals surface area contributed by atoms with E-state index in [0.29, 0.717) is 24.0 Å². The zero-order valence-electron chi connectivity index (χ0n) is 28.4. The molecule has 5 aliphatic rings. The molecule has 17 heteroatoms. The lowest BCUT2D eigenvalue weighted by atomic mass is 9.62. The fraction of sp³-hybridized carbons (Fsp3) is 0.500. The number of rotatable bonds is 11. The molecule has 3 heterocycles. The first-order valence-electron chi connectivity index (χ1n) is 17.2. The molecule has 1 spiro atoms. The van der Waals surface area contributed by atoms with Gasteiger partial charge in [0.25, 0.3) is 0 Å². The van der Waals surface area contributed by atoms with Crippen LogP contribution in [-0.4, -0.2) is 113 Å². The van der Waals surface area contributed by atoms with Gasteiger partial charge in [0.2, 0.25) is 11.8 Å². The average molecular weight is 746 g/mol. The van der Waals surface area contributed by atoms with Gasteiger partial charge in [0.15, 0.2) is 18.4 Å². The van der Waals surface area contributed by atoms with Crippen molar-refractivity contribution in [1.82, 2.24) is 15.7 Å². The quantitative estimate of drug-likeness (QED) is 0.189. The molecule has 4 N–H and O–H groups in total. The zero-order chi connectivity index (χ0) is 37.7. The smallest absolute Gasteiger partial charge is 0.422 e. The fourth-order valence-corrected chi connectivity index (χ4v) is 8.10. The van der Waals surface area contributed by atoms with Gasteiger partial charge in [0.05, 0.1) is 19.3 Å². The summed E-state index contributed by atoms with van der Waals surface area (Å²) in [4.78, 5) is 60.3. The van der Waals surface area contributed by atoms with E-state index in [0.717, 1.165) is 17.2 Å². The van der Waals surface area contributed by atoms with Crippen LogP contribution in [0.3, 0.4) is 0 Å². The number of fused-ring (bicyclic) bond motifs is 5. The standard InChI is InChI=1S/C36H38F3N3O11/c1-19(44)26(31(46)40-12-13-43)41-33(48)35-16-24-27-28(52-34(51-27)14-21-7-3-4-8-22(21)15-34)30(35)53-42(29(35)32(47)50-24)17-23-9-5-2-6-20(23)10-11-25(45)49-18-36(37,38)39/h2-11,19,24,26-30,43-44H,12-18H2,1H3,(H,40,46)(H,41,48). The molecule has 2 amide bonds. The summed E-state index contributed by atoms with van der Waals surface area (Å²) < 4.78 is 61.3. The number of carbonyl (C=O) groups is 4. The predicted octanol–water partition coefficient (Wildman–Crippen LogP) is 0.858. The first-order valence-corrected chi connectivity index (χ1v) is 17.2. The molecule has 2 aliphatic carbocycles. The minimum atomic E-state index is -4.70. The van der Waals surface area contributed by atoms with Crippen LogP contribution in [-0.2, 0) is 62.3 Å². The lowest BCUT2D eigenvalue weighted by molar-refractivity contribution is -0.217. The van der Waals surface area contributed by atoms with Crippen LogP contribution in [0.15, 0.2) is 54.6 Å². The Bertz CT molecular complexity index is 1780. The number of carbonyl (C=O) groups excluding carboxylic acids is 4. The van der Waals surface area contributed by atoms with Crippen LogP contribution in [0.25, 0.3) is 6.08 Å². The van der Waals surface area contributed by atoms with E-state index in [2.05, 4.69) is 15.4 Å². The van der Waals surface area contributed by atoms with Crippen molar-refractivity contribution in [2.45, 2.75) is 87.3 Å². The Labute approximate surface area is 301 Å². The van der Waals surface area contributed by atoms with Gasteiger partial charge >= 0.3 is 18.1 Å². The van der Waals surface area contributed by atoms with E-state index in [-0.39, 0.29) is 26.1 Å². The van der Waals surface area contributed by atoms with Crippen molar-refractivity contribution in [3.63, 3.8) is 0 Å². The average Bonchev–Trinajstić information content (AvgIpc) is 3.79. The summed E-state index contributed by atoms with van der Waals surface area (Å²) in [7, 11) is 0. The third-order valence-electron chi connectivity index (χ3n) is 10.3. The predicted molar refractivity (Wildman–Crippen MR) is 174 cm³/mol. The van der Waals surface area contributed by atoms with E-state index in [1.165, 1.54) is 18.1 Å². The Morgan fingerprint density at radius 3 is 2.43 bits per heavy atom. The Kier molecular flexibility index (Phi) is 9.84. The van der Waals surface area contributed by atoms with Crippen LogP contribution < -0.4 is 10.6 Å². The molecule has 2 aromatic rings. The monoisotopic (exact) mass is 745 g/mol. The normalized spacial score (nSPS) is 29.3. The van der Waals surface area contributed by atoms with E-state index in [9.17, 15) is 42.6 Å². The molecule has 2 bridgehead atoms. The number of hydrogen-bond donors (Lipinski definition) is 4. The van der Waals surface area contributed by atoms with Crippen molar-refractivity contribution in [3.8, 4) is 0 Å². The van der Waals surface area contributed by atoms with Gasteiger partial charge in [-0.25, -0.2) is 4.79 Å². The van der Waals surface area contributed by atoms with Crippen LogP contribution in [0.5, 0.6) is 0 Å². The number of ether oxygens (including phenoxy) is 4. The molecular formula is C36H38F3N3O11. The highest BCUT2D eigenvalue weighted by Gasteiger charge is 2.76. The number of esters is 2. The van der Waals surface area contributed by atoms with Gasteiger partial charge in [-0.3, -0.25) is 19.2 Å². The summed E-state index contributed by atoms with van der Waals surface area (Å²) in [5.41, 5.74) is 1.16. The molecule has 0 radical (unpaired) electrons. The van der Waals surface area contributed by atoms with Gasteiger partial charge in [0, 0.05) is 31.9 Å². The number of halogens is 3. The molecule has 8 atom stereocenters. The summed E-state index contributed by atoms with van der Waals surface area (Å²) in [6, 6.07) is 11.4. The van der Waals surface area contributed by atoms with Gasteiger partial charge < -0.3 is 39.8 Å². The van der Waals surface area contributed by atoms with E-state index >= 15 is 0 Å².